The van der Waals surface area contributed by atoms with Crippen LogP contribution in [-0.2, 0) is 0 Å². The van der Waals surface area contributed by atoms with Gasteiger partial charge in [0, 0.05) is 16.7 Å². The van der Waals surface area contributed by atoms with Crippen molar-refractivity contribution in [3.63, 3.8) is 0 Å². The van der Waals surface area contributed by atoms with E-state index in [1.54, 1.807) is 12.1 Å². The lowest BCUT2D eigenvalue weighted by Gasteiger charge is -2.09. The van der Waals surface area contributed by atoms with E-state index in [-0.39, 0.29) is 5.91 Å². The van der Waals surface area contributed by atoms with E-state index in [0.717, 1.165) is 23.1 Å². The molecule has 1 amide bonds. The van der Waals surface area contributed by atoms with Gasteiger partial charge in [0.25, 0.3) is 5.91 Å². The normalized spacial score (nSPS) is 10.6. The first-order valence-corrected chi connectivity index (χ1v) is 8.13. The highest BCUT2D eigenvalue weighted by atomic mass is 79.9. The first-order chi connectivity index (χ1) is 11.0. The van der Waals surface area contributed by atoms with Gasteiger partial charge in [-0.05, 0) is 63.5 Å². The Morgan fingerprint density at radius 2 is 1.87 bits per heavy atom. The molecular weight excluding hydrogens is 358 g/mol. The van der Waals surface area contributed by atoms with Crippen molar-refractivity contribution in [3.05, 3.63) is 46.6 Å². The van der Waals surface area contributed by atoms with Gasteiger partial charge in [0.2, 0.25) is 0 Å². The van der Waals surface area contributed by atoms with Gasteiger partial charge in [0.05, 0.1) is 0 Å². The molecule has 1 heterocycles. The van der Waals surface area contributed by atoms with Crippen molar-refractivity contribution in [3.8, 4) is 0 Å². The zero-order valence-corrected chi connectivity index (χ0v) is 14.8. The van der Waals surface area contributed by atoms with Crippen LogP contribution >= 0.6 is 15.9 Å². The van der Waals surface area contributed by atoms with Crippen LogP contribution in [0.4, 0.5) is 11.5 Å². The van der Waals surface area contributed by atoms with E-state index < -0.39 is 0 Å². The summed E-state index contributed by atoms with van der Waals surface area (Å²) >= 11 is 3.39. The van der Waals surface area contributed by atoms with Gasteiger partial charge in [-0.2, -0.15) is 0 Å². The molecule has 2 rings (SSSR count). The van der Waals surface area contributed by atoms with Crippen LogP contribution in [0.15, 0.2) is 40.9 Å². The van der Waals surface area contributed by atoms with E-state index in [9.17, 15) is 4.79 Å². The Kier molecular flexibility index (Phi) is 6.49. The van der Waals surface area contributed by atoms with Crippen LogP contribution in [0.2, 0.25) is 0 Å². The maximum atomic E-state index is 11.9. The maximum absolute atomic E-state index is 11.9. The first kappa shape index (κ1) is 17.4. The predicted molar refractivity (Wildman–Crippen MR) is 95.0 cm³/mol. The number of carbonyl (C=O) groups excluding carboxylic acids is 1. The van der Waals surface area contributed by atoms with Crippen molar-refractivity contribution in [1.29, 1.82) is 0 Å². The fraction of sp³-hybridized carbons (Fsp3) is 0.312. The summed E-state index contributed by atoms with van der Waals surface area (Å²) in [6, 6.07) is 11.1. The SMILES string of the molecule is CN(C)CCCNC(=O)c1ccc(Nc2ccc(Br)cc2)nn1. The minimum absolute atomic E-state index is 0.202. The Morgan fingerprint density at radius 3 is 2.48 bits per heavy atom. The van der Waals surface area contributed by atoms with Gasteiger partial charge < -0.3 is 15.5 Å². The molecule has 0 fully saturated rings. The smallest absolute Gasteiger partial charge is 0.271 e. The summed E-state index contributed by atoms with van der Waals surface area (Å²) in [6.45, 7) is 1.56. The molecular formula is C16H20BrN5O. The van der Waals surface area contributed by atoms with E-state index in [0.29, 0.717) is 18.1 Å². The van der Waals surface area contributed by atoms with E-state index in [2.05, 4.69) is 41.7 Å². The van der Waals surface area contributed by atoms with Gasteiger partial charge in [0.1, 0.15) is 0 Å². The molecule has 0 aliphatic rings. The second-order valence-electron chi connectivity index (χ2n) is 5.35. The number of anilines is 2. The minimum Gasteiger partial charge on any atom is -0.351 e. The lowest BCUT2D eigenvalue weighted by molar-refractivity contribution is 0.0946. The number of amides is 1. The molecule has 2 aromatic rings. The molecule has 7 heteroatoms. The van der Waals surface area contributed by atoms with Crippen LogP contribution in [0.3, 0.4) is 0 Å². The largest absolute Gasteiger partial charge is 0.351 e. The Morgan fingerprint density at radius 1 is 1.13 bits per heavy atom. The fourth-order valence-electron chi connectivity index (χ4n) is 1.89. The standard InChI is InChI=1S/C16H20BrN5O/c1-22(2)11-3-10-18-16(23)14-8-9-15(21-20-14)19-13-6-4-12(17)5-7-13/h4-9H,3,10-11H2,1-2H3,(H,18,23)(H,19,21). The average Bonchev–Trinajstić information content (AvgIpc) is 2.54. The zero-order valence-electron chi connectivity index (χ0n) is 13.2. The van der Waals surface area contributed by atoms with Gasteiger partial charge in [-0.3, -0.25) is 4.79 Å². The van der Waals surface area contributed by atoms with Crippen molar-refractivity contribution in [1.82, 2.24) is 20.4 Å². The molecule has 2 N–H and O–H groups in total. The zero-order chi connectivity index (χ0) is 16.7. The van der Waals surface area contributed by atoms with E-state index >= 15 is 0 Å². The Balaban J connectivity index is 1.86. The summed E-state index contributed by atoms with van der Waals surface area (Å²) in [7, 11) is 4.01. The van der Waals surface area contributed by atoms with Crippen molar-refractivity contribution < 1.29 is 4.79 Å². The lowest BCUT2D eigenvalue weighted by atomic mass is 10.3. The highest BCUT2D eigenvalue weighted by Gasteiger charge is 2.07. The molecule has 6 nitrogen and oxygen atoms in total. The molecule has 0 aliphatic carbocycles. The Bertz CT molecular complexity index is 628. The Labute approximate surface area is 144 Å². The third kappa shape index (κ3) is 5.96. The van der Waals surface area contributed by atoms with E-state index in [1.165, 1.54) is 0 Å². The third-order valence-corrected chi connectivity index (χ3v) is 3.61. The van der Waals surface area contributed by atoms with Gasteiger partial charge in [0.15, 0.2) is 11.5 Å². The number of rotatable bonds is 7. The van der Waals surface area contributed by atoms with Gasteiger partial charge in [-0.25, -0.2) is 0 Å². The average molecular weight is 378 g/mol. The molecule has 0 radical (unpaired) electrons. The molecule has 0 saturated carbocycles. The van der Waals surface area contributed by atoms with Crippen molar-refractivity contribution in [2.75, 3.05) is 32.5 Å². The molecule has 23 heavy (non-hydrogen) atoms. The number of carbonyl (C=O) groups is 1. The van der Waals surface area contributed by atoms with Crippen LogP contribution in [0.1, 0.15) is 16.9 Å². The van der Waals surface area contributed by atoms with Crippen molar-refractivity contribution in [2.45, 2.75) is 6.42 Å². The number of hydrogen-bond acceptors (Lipinski definition) is 5. The molecule has 0 aliphatic heterocycles. The van der Waals surface area contributed by atoms with Gasteiger partial charge in [-0.15, -0.1) is 10.2 Å². The number of hydrogen-bond donors (Lipinski definition) is 2. The van der Waals surface area contributed by atoms with E-state index in [1.807, 2.05) is 38.4 Å². The number of benzene rings is 1. The molecule has 0 bridgehead atoms. The number of halogens is 1. The van der Waals surface area contributed by atoms with Crippen LogP contribution < -0.4 is 10.6 Å². The lowest BCUT2D eigenvalue weighted by Crippen LogP contribution is -2.28. The summed E-state index contributed by atoms with van der Waals surface area (Å²) in [5.41, 5.74) is 1.22. The number of nitrogens with zero attached hydrogens (tertiary/aromatic N) is 3. The van der Waals surface area contributed by atoms with Crippen LogP contribution in [0.25, 0.3) is 0 Å². The Hall–Kier alpha value is -1.99. The van der Waals surface area contributed by atoms with Gasteiger partial charge >= 0.3 is 0 Å². The topological polar surface area (TPSA) is 70.2 Å². The molecule has 0 spiro atoms. The highest BCUT2D eigenvalue weighted by Crippen LogP contribution is 2.17. The summed E-state index contributed by atoms with van der Waals surface area (Å²) in [5, 5.41) is 14.0. The maximum Gasteiger partial charge on any atom is 0.271 e. The van der Waals surface area contributed by atoms with Crippen LogP contribution in [0, 0.1) is 0 Å². The summed E-state index contributed by atoms with van der Waals surface area (Å²) < 4.78 is 1.01. The van der Waals surface area contributed by atoms with E-state index in [4.69, 9.17) is 0 Å². The van der Waals surface area contributed by atoms with Crippen molar-refractivity contribution >= 4 is 33.3 Å². The fourth-order valence-corrected chi connectivity index (χ4v) is 2.15. The molecule has 0 atom stereocenters. The first-order valence-electron chi connectivity index (χ1n) is 7.34. The predicted octanol–water partition coefficient (Wildman–Crippen LogP) is 2.66. The minimum atomic E-state index is -0.202. The quantitative estimate of drug-likeness (QED) is 0.725. The number of aromatic nitrogens is 2. The number of nitrogens with one attached hydrogen (secondary N) is 2. The van der Waals surface area contributed by atoms with Crippen molar-refractivity contribution in [2.24, 2.45) is 0 Å². The molecule has 0 saturated heterocycles. The monoisotopic (exact) mass is 377 g/mol. The summed E-state index contributed by atoms with van der Waals surface area (Å²) in [4.78, 5) is 14.0. The molecule has 1 aromatic heterocycles. The highest BCUT2D eigenvalue weighted by molar-refractivity contribution is 9.10. The summed E-state index contributed by atoms with van der Waals surface area (Å²) in [6.07, 6.45) is 0.898. The second-order valence-corrected chi connectivity index (χ2v) is 6.26. The molecule has 122 valence electrons. The second kappa shape index (κ2) is 8.59. The molecule has 0 unspecified atom stereocenters. The van der Waals surface area contributed by atoms with Crippen LogP contribution in [0.5, 0.6) is 0 Å². The molecule has 1 aromatic carbocycles. The van der Waals surface area contributed by atoms with Crippen LogP contribution in [-0.4, -0.2) is 48.2 Å². The third-order valence-electron chi connectivity index (χ3n) is 3.08. The van der Waals surface area contributed by atoms with Gasteiger partial charge in [-0.1, -0.05) is 15.9 Å². The summed E-state index contributed by atoms with van der Waals surface area (Å²) in [5.74, 6) is 0.392.